The van der Waals surface area contributed by atoms with E-state index in [1.54, 1.807) is 18.2 Å². The van der Waals surface area contributed by atoms with Crippen LogP contribution in [0.5, 0.6) is 0 Å². The standard InChI is InChI=1S/C24H19BrCl2N2O3S/c1-13-16(3-2-4-18(13)26)24(33)17-7-6-15(12-19(17)27)28-20-8-5-14(25)11-21(20)29-22(30)9-10-23(31)32/h2-8,11-12,28H,9-10H2,1H3,(H,29,30)(H,31,32). The van der Waals surface area contributed by atoms with Crippen molar-refractivity contribution in [2.24, 2.45) is 0 Å². The lowest BCUT2D eigenvalue weighted by molar-refractivity contribution is -0.138. The fraction of sp³-hybridized carbons (Fsp3) is 0.125. The minimum Gasteiger partial charge on any atom is -0.481 e. The molecule has 0 aromatic heterocycles. The summed E-state index contributed by atoms with van der Waals surface area (Å²) in [6.07, 6.45) is -0.367. The number of nitrogens with one attached hydrogen (secondary N) is 2. The highest BCUT2D eigenvalue weighted by Gasteiger charge is 2.14. The maximum Gasteiger partial charge on any atom is 0.303 e. The number of carbonyl (C=O) groups excluding carboxylic acids is 1. The van der Waals surface area contributed by atoms with Crippen LogP contribution in [0.2, 0.25) is 10.0 Å². The molecule has 0 atom stereocenters. The fourth-order valence-corrected chi connectivity index (χ4v) is 4.36. The summed E-state index contributed by atoms with van der Waals surface area (Å²) in [5.41, 5.74) is 4.27. The second-order valence-corrected chi connectivity index (χ2v) is 9.33. The number of aliphatic carboxylic acids is 1. The monoisotopic (exact) mass is 564 g/mol. The van der Waals surface area contributed by atoms with Crippen molar-refractivity contribution < 1.29 is 14.7 Å². The summed E-state index contributed by atoms with van der Waals surface area (Å²) in [6, 6.07) is 16.3. The Kier molecular flexibility index (Phi) is 8.48. The van der Waals surface area contributed by atoms with Gasteiger partial charge in [0, 0.05) is 27.2 Å². The second kappa shape index (κ2) is 11.1. The minimum atomic E-state index is -1.03. The number of carboxylic acids is 1. The summed E-state index contributed by atoms with van der Waals surface area (Å²) in [7, 11) is 0. The third-order valence-corrected chi connectivity index (χ3v) is 6.48. The topological polar surface area (TPSA) is 78.4 Å². The molecule has 0 bridgehead atoms. The number of carbonyl (C=O) groups is 2. The first-order valence-corrected chi connectivity index (χ1v) is 11.8. The van der Waals surface area contributed by atoms with Gasteiger partial charge in [-0.2, -0.15) is 0 Å². The average Bonchev–Trinajstić information content (AvgIpc) is 2.76. The maximum absolute atomic E-state index is 12.1. The van der Waals surface area contributed by atoms with Crippen molar-refractivity contribution in [1.29, 1.82) is 0 Å². The first-order chi connectivity index (χ1) is 15.7. The van der Waals surface area contributed by atoms with Gasteiger partial charge in [0.1, 0.15) is 0 Å². The van der Waals surface area contributed by atoms with Crippen molar-refractivity contribution in [2.75, 3.05) is 10.6 Å². The van der Waals surface area contributed by atoms with Gasteiger partial charge in [-0.3, -0.25) is 9.59 Å². The molecule has 0 spiro atoms. The zero-order chi connectivity index (χ0) is 24.1. The van der Waals surface area contributed by atoms with Crippen LogP contribution in [-0.2, 0) is 9.59 Å². The Morgan fingerprint density at radius 1 is 0.970 bits per heavy atom. The van der Waals surface area contributed by atoms with Crippen LogP contribution in [0.25, 0.3) is 0 Å². The lowest BCUT2D eigenvalue weighted by Gasteiger charge is -2.15. The highest BCUT2D eigenvalue weighted by molar-refractivity contribution is 9.10. The van der Waals surface area contributed by atoms with Crippen molar-refractivity contribution >= 4 is 85.2 Å². The number of halogens is 3. The quantitative estimate of drug-likeness (QED) is 0.196. The molecule has 5 nitrogen and oxygen atoms in total. The molecule has 3 rings (SSSR count). The molecule has 0 saturated heterocycles. The van der Waals surface area contributed by atoms with Crippen molar-refractivity contribution in [3.63, 3.8) is 0 Å². The molecule has 0 aliphatic heterocycles. The van der Waals surface area contributed by atoms with Gasteiger partial charge in [0.15, 0.2) is 0 Å². The van der Waals surface area contributed by atoms with Crippen LogP contribution in [0.15, 0.2) is 59.1 Å². The number of benzene rings is 3. The molecule has 0 aliphatic rings. The van der Waals surface area contributed by atoms with E-state index in [4.69, 9.17) is 40.5 Å². The molecule has 0 radical (unpaired) electrons. The van der Waals surface area contributed by atoms with Gasteiger partial charge in [-0.15, -0.1) is 0 Å². The molecule has 0 unspecified atom stereocenters. The Morgan fingerprint density at radius 3 is 2.42 bits per heavy atom. The first kappa shape index (κ1) is 25.2. The van der Waals surface area contributed by atoms with E-state index in [9.17, 15) is 9.59 Å². The molecule has 3 N–H and O–H groups in total. The van der Waals surface area contributed by atoms with Gasteiger partial charge in [-0.25, -0.2) is 0 Å². The number of hydrogen-bond donors (Lipinski definition) is 3. The van der Waals surface area contributed by atoms with E-state index in [1.165, 1.54) is 0 Å². The molecule has 0 heterocycles. The minimum absolute atomic E-state index is 0.123. The van der Waals surface area contributed by atoms with E-state index in [2.05, 4.69) is 26.6 Å². The van der Waals surface area contributed by atoms with Gasteiger partial charge in [-0.05, 0) is 60.5 Å². The Labute approximate surface area is 215 Å². The highest BCUT2D eigenvalue weighted by atomic mass is 79.9. The van der Waals surface area contributed by atoms with Crippen molar-refractivity contribution in [3.05, 3.63) is 85.8 Å². The normalized spacial score (nSPS) is 10.5. The van der Waals surface area contributed by atoms with Gasteiger partial charge in [0.2, 0.25) is 5.91 Å². The van der Waals surface area contributed by atoms with E-state index < -0.39 is 11.9 Å². The summed E-state index contributed by atoms with van der Waals surface area (Å²) in [5, 5.41) is 15.9. The molecule has 0 fully saturated rings. The molecule has 33 heavy (non-hydrogen) atoms. The van der Waals surface area contributed by atoms with E-state index in [-0.39, 0.29) is 12.8 Å². The van der Waals surface area contributed by atoms with Gasteiger partial charge in [-0.1, -0.05) is 63.5 Å². The molecule has 3 aromatic rings. The van der Waals surface area contributed by atoms with Crippen LogP contribution in [-0.4, -0.2) is 21.8 Å². The van der Waals surface area contributed by atoms with Crippen molar-refractivity contribution in [1.82, 2.24) is 0 Å². The van der Waals surface area contributed by atoms with Crippen molar-refractivity contribution in [2.45, 2.75) is 19.8 Å². The first-order valence-electron chi connectivity index (χ1n) is 9.83. The summed E-state index contributed by atoms with van der Waals surface area (Å²) in [6.45, 7) is 1.91. The number of anilines is 3. The number of amides is 1. The van der Waals surface area contributed by atoms with Crippen LogP contribution in [0.3, 0.4) is 0 Å². The zero-order valence-corrected chi connectivity index (χ0v) is 21.3. The van der Waals surface area contributed by atoms with E-state index in [0.717, 1.165) is 15.6 Å². The Bertz CT molecular complexity index is 1250. The van der Waals surface area contributed by atoms with Crippen LogP contribution < -0.4 is 10.6 Å². The second-order valence-electron chi connectivity index (χ2n) is 7.19. The maximum atomic E-state index is 12.1. The molecule has 0 saturated carbocycles. The summed E-state index contributed by atoms with van der Waals surface area (Å²) in [4.78, 5) is 23.5. The predicted octanol–water partition coefficient (Wildman–Crippen LogP) is 7.38. The lowest BCUT2D eigenvalue weighted by atomic mass is 10.00. The van der Waals surface area contributed by atoms with Gasteiger partial charge in [0.25, 0.3) is 0 Å². The zero-order valence-electron chi connectivity index (χ0n) is 17.4. The predicted molar refractivity (Wildman–Crippen MR) is 141 cm³/mol. The summed E-state index contributed by atoms with van der Waals surface area (Å²) >= 11 is 21.8. The van der Waals surface area contributed by atoms with Gasteiger partial charge >= 0.3 is 5.97 Å². The number of rotatable bonds is 8. The number of hydrogen-bond acceptors (Lipinski definition) is 4. The molecular formula is C24H19BrCl2N2O3S. The average molecular weight is 566 g/mol. The summed E-state index contributed by atoms with van der Waals surface area (Å²) in [5.74, 6) is -1.42. The molecule has 170 valence electrons. The van der Waals surface area contributed by atoms with Crippen molar-refractivity contribution in [3.8, 4) is 0 Å². The smallest absolute Gasteiger partial charge is 0.303 e. The van der Waals surface area contributed by atoms with Crippen LogP contribution in [0.4, 0.5) is 17.1 Å². The number of thiocarbonyl (C=S) groups is 1. The Morgan fingerprint density at radius 2 is 1.73 bits per heavy atom. The largest absolute Gasteiger partial charge is 0.481 e. The molecule has 0 aliphatic carbocycles. The number of carboxylic acid groups (broad SMARTS) is 1. The van der Waals surface area contributed by atoms with Crippen LogP contribution in [0.1, 0.15) is 29.5 Å². The molecular weight excluding hydrogens is 547 g/mol. The Hall–Kier alpha value is -2.45. The van der Waals surface area contributed by atoms with Gasteiger partial charge < -0.3 is 15.7 Å². The Balaban J connectivity index is 1.83. The third kappa shape index (κ3) is 6.54. The molecule has 1 amide bonds. The SMILES string of the molecule is Cc1c(Cl)cccc1C(=S)c1ccc(Nc2ccc(Br)cc2NC(=O)CCC(=O)O)cc1Cl. The van der Waals surface area contributed by atoms with E-state index in [1.807, 2.05) is 43.3 Å². The third-order valence-electron chi connectivity index (χ3n) is 4.83. The van der Waals surface area contributed by atoms with Crippen LogP contribution in [0, 0.1) is 6.92 Å². The molecule has 3 aromatic carbocycles. The van der Waals surface area contributed by atoms with E-state index >= 15 is 0 Å². The summed E-state index contributed by atoms with van der Waals surface area (Å²) < 4.78 is 0.761. The highest BCUT2D eigenvalue weighted by Crippen LogP contribution is 2.32. The molecule has 9 heteroatoms. The van der Waals surface area contributed by atoms with E-state index in [0.29, 0.717) is 37.5 Å². The fourth-order valence-electron chi connectivity index (χ4n) is 3.09. The van der Waals surface area contributed by atoms with Gasteiger partial charge in [0.05, 0.1) is 27.7 Å². The lowest BCUT2D eigenvalue weighted by Crippen LogP contribution is -2.14. The van der Waals surface area contributed by atoms with Crippen LogP contribution >= 0.6 is 51.3 Å².